The zero-order valence-electron chi connectivity index (χ0n) is 15.2. The van der Waals surface area contributed by atoms with Gasteiger partial charge in [-0.25, -0.2) is 14.6 Å². The molecule has 0 amide bonds. The summed E-state index contributed by atoms with van der Waals surface area (Å²) in [6.45, 7) is 3.53. The van der Waals surface area contributed by atoms with Crippen molar-refractivity contribution in [3.8, 4) is 0 Å². The van der Waals surface area contributed by atoms with Gasteiger partial charge in [0.15, 0.2) is 11.5 Å². The van der Waals surface area contributed by atoms with E-state index < -0.39 is 17.4 Å². The highest BCUT2D eigenvalue weighted by atomic mass is 19.4. The van der Waals surface area contributed by atoms with Crippen LogP contribution in [0.3, 0.4) is 0 Å². The molecule has 0 spiro atoms. The van der Waals surface area contributed by atoms with Crippen LogP contribution in [0.2, 0.25) is 0 Å². The first-order chi connectivity index (χ1) is 13.3. The number of hydrogen-bond donors (Lipinski definition) is 1. The number of piperidine rings is 1. The maximum atomic E-state index is 12.8. The van der Waals surface area contributed by atoms with Crippen LogP contribution < -0.4 is 10.5 Å². The van der Waals surface area contributed by atoms with Crippen molar-refractivity contribution < 1.29 is 13.2 Å². The average molecular weight is 392 g/mol. The quantitative estimate of drug-likeness (QED) is 0.742. The Labute approximate surface area is 158 Å². The first kappa shape index (κ1) is 18.5. The number of alkyl halides is 3. The first-order valence-corrected chi connectivity index (χ1v) is 9.02. The van der Waals surface area contributed by atoms with E-state index in [1.165, 1.54) is 6.33 Å². The maximum Gasteiger partial charge on any atom is 0.435 e. The number of nitrogens with one attached hydrogen (secondary N) is 1. The van der Waals surface area contributed by atoms with Crippen LogP contribution in [-0.2, 0) is 12.7 Å². The Morgan fingerprint density at radius 1 is 1.21 bits per heavy atom. The van der Waals surface area contributed by atoms with Gasteiger partial charge in [-0.05, 0) is 37.8 Å². The molecule has 3 aromatic rings. The van der Waals surface area contributed by atoms with Crippen molar-refractivity contribution in [3.63, 3.8) is 0 Å². The number of anilines is 1. The minimum Gasteiger partial charge on any atom is -0.355 e. The van der Waals surface area contributed by atoms with E-state index in [2.05, 4.69) is 25.0 Å². The Balaban J connectivity index is 1.47. The summed E-state index contributed by atoms with van der Waals surface area (Å²) in [6, 6.07) is 3.61. The number of aromatic amines is 1. The molecule has 0 saturated carbocycles. The third-order valence-corrected chi connectivity index (χ3v) is 5.03. The van der Waals surface area contributed by atoms with E-state index in [9.17, 15) is 18.0 Å². The number of nitrogens with zero attached hydrogens (tertiary/aromatic N) is 5. The second kappa shape index (κ2) is 6.92. The zero-order valence-corrected chi connectivity index (χ0v) is 15.2. The molecule has 1 N–H and O–H groups in total. The van der Waals surface area contributed by atoms with E-state index in [1.54, 1.807) is 0 Å². The number of hydrogen-bond acceptors (Lipinski definition) is 5. The summed E-state index contributed by atoms with van der Waals surface area (Å²) in [5.41, 5.74) is 1.17. The van der Waals surface area contributed by atoms with Crippen molar-refractivity contribution in [3.05, 3.63) is 46.3 Å². The van der Waals surface area contributed by atoms with Gasteiger partial charge in [-0.3, -0.25) is 4.79 Å². The molecule has 0 aromatic carbocycles. The molecule has 0 aliphatic carbocycles. The third kappa shape index (κ3) is 3.58. The highest BCUT2D eigenvalue weighted by molar-refractivity contribution is 5.86. The van der Waals surface area contributed by atoms with Gasteiger partial charge in [0.05, 0.1) is 5.52 Å². The van der Waals surface area contributed by atoms with Crippen LogP contribution in [0.5, 0.6) is 0 Å². The Bertz CT molecular complexity index is 1050. The summed E-state index contributed by atoms with van der Waals surface area (Å²) in [4.78, 5) is 26.0. The predicted molar refractivity (Wildman–Crippen MR) is 97.1 cm³/mol. The summed E-state index contributed by atoms with van der Waals surface area (Å²) in [5, 5.41) is 3.50. The molecule has 0 bridgehead atoms. The summed E-state index contributed by atoms with van der Waals surface area (Å²) in [5.74, 6) is 0.901. The maximum absolute atomic E-state index is 12.8. The summed E-state index contributed by atoms with van der Waals surface area (Å²) < 4.78 is 39.5. The van der Waals surface area contributed by atoms with Gasteiger partial charge in [0.2, 0.25) is 0 Å². The van der Waals surface area contributed by atoms with Crippen LogP contribution in [0.1, 0.15) is 24.2 Å². The number of aromatic nitrogens is 5. The van der Waals surface area contributed by atoms with E-state index in [0.717, 1.165) is 52.2 Å². The molecule has 1 aliphatic heterocycles. The molecule has 4 rings (SSSR count). The highest BCUT2D eigenvalue weighted by Gasteiger charge is 2.33. The van der Waals surface area contributed by atoms with Crippen LogP contribution in [0.4, 0.5) is 19.0 Å². The van der Waals surface area contributed by atoms with Crippen molar-refractivity contribution in [2.45, 2.75) is 32.5 Å². The molecule has 3 aromatic heterocycles. The molecule has 1 saturated heterocycles. The van der Waals surface area contributed by atoms with Crippen molar-refractivity contribution in [1.29, 1.82) is 0 Å². The molecular formula is C18H19F3N6O. The topological polar surface area (TPSA) is 79.7 Å². The van der Waals surface area contributed by atoms with Gasteiger partial charge >= 0.3 is 6.18 Å². The molecule has 7 nitrogen and oxygen atoms in total. The van der Waals surface area contributed by atoms with Crippen molar-refractivity contribution in [1.82, 2.24) is 24.7 Å². The normalized spacial score (nSPS) is 16.1. The summed E-state index contributed by atoms with van der Waals surface area (Å²) >= 11 is 0. The molecule has 0 radical (unpaired) electrons. The zero-order chi connectivity index (χ0) is 19.9. The molecule has 28 heavy (non-hydrogen) atoms. The van der Waals surface area contributed by atoms with Gasteiger partial charge in [0, 0.05) is 31.4 Å². The van der Waals surface area contributed by atoms with E-state index >= 15 is 0 Å². The molecule has 10 heteroatoms. The summed E-state index contributed by atoms with van der Waals surface area (Å²) in [7, 11) is 0. The molecule has 0 unspecified atom stereocenters. The predicted octanol–water partition coefficient (Wildman–Crippen LogP) is 2.76. The largest absolute Gasteiger partial charge is 0.435 e. The van der Waals surface area contributed by atoms with Gasteiger partial charge in [0.25, 0.3) is 5.56 Å². The van der Waals surface area contributed by atoms with E-state index in [-0.39, 0.29) is 12.5 Å². The molecule has 0 atom stereocenters. The Morgan fingerprint density at radius 3 is 2.68 bits per heavy atom. The van der Waals surface area contributed by atoms with Gasteiger partial charge in [-0.2, -0.15) is 18.3 Å². The fraction of sp³-hybridized carbons (Fsp3) is 0.444. The van der Waals surface area contributed by atoms with Gasteiger partial charge in [-0.1, -0.05) is 0 Å². The minimum absolute atomic E-state index is 0.0765. The molecule has 4 heterocycles. The number of aryl methyl sites for hydroxylation is 1. The second-order valence-electron chi connectivity index (χ2n) is 7.08. The van der Waals surface area contributed by atoms with E-state index in [4.69, 9.17) is 0 Å². The molecule has 1 fully saturated rings. The summed E-state index contributed by atoms with van der Waals surface area (Å²) in [6.07, 6.45) is -1.57. The number of rotatable bonds is 3. The van der Waals surface area contributed by atoms with Crippen molar-refractivity contribution in [2.24, 2.45) is 5.92 Å². The van der Waals surface area contributed by atoms with Crippen molar-refractivity contribution >= 4 is 16.9 Å². The van der Waals surface area contributed by atoms with Crippen LogP contribution in [0, 0.1) is 12.8 Å². The van der Waals surface area contributed by atoms with E-state index in [1.807, 2.05) is 13.0 Å². The van der Waals surface area contributed by atoms with Crippen LogP contribution in [-0.4, -0.2) is 37.8 Å². The lowest BCUT2D eigenvalue weighted by atomic mass is 9.97. The highest BCUT2D eigenvalue weighted by Crippen LogP contribution is 2.29. The average Bonchev–Trinajstić information content (AvgIpc) is 3.03. The van der Waals surface area contributed by atoms with Gasteiger partial charge in [-0.15, -0.1) is 0 Å². The van der Waals surface area contributed by atoms with E-state index in [0.29, 0.717) is 13.1 Å². The number of fused-ring (bicyclic) bond motifs is 1. The smallest absolute Gasteiger partial charge is 0.355 e. The van der Waals surface area contributed by atoms with Gasteiger partial charge < -0.3 is 9.88 Å². The molecule has 1 aliphatic rings. The standard InChI is InChI=1S/C18H19F3N6O/c1-11-8-13-16(24-11)17(23-10-22-13)26-6-4-12(5-7-26)9-27-15(28)3-2-14(25-27)18(19,20)21/h2-3,8,10,12,24H,4-7,9H2,1H3. The Morgan fingerprint density at radius 2 is 1.96 bits per heavy atom. The van der Waals surface area contributed by atoms with Crippen LogP contribution in [0.25, 0.3) is 11.0 Å². The fourth-order valence-electron chi connectivity index (χ4n) is 3.60. The number of H-pyrrole nitrogens is 1. The monoisotopic (exact) mass is 392 g/mol. The Kier molecular flexibility index (Phi) is 4.56. The van der Waals surface area contributed by atoms with Crippen LogP contribution in [0.15, 0.2) is 29.3 Å². The minimum atomic E-state index is -4.56. The number of halogens is 3. The second-order valence-corrected chi connectivity index (χ2v) is 7.08. The Hall–Kier alpha value is -2.91. The fourth-order valence-corrected chi connectivity index (χ4v) is 3.60. The lowest BCUT2D eigenvalue weighted by molar-refractivity contribution is -0.142. The SMILES string of the molecule is Cc1cc2ncnc(N3CCC(Cn4nc(C(F)(F)F)ccc4=O)CC3)c2[nH]1. The van der Waals surface area contributed by atoms with Gasteiger partial charge in [0.1, 0.15) is 11.8 Å². The van der Waals surface area contributed by atoms with Crippen molar-refractivity contribution in [2.75, 3.05) is 18.0 Å². The molecular weight excluding hydrogens is 373 g/mol. The lowest BCUT2D eigenvalue weighted by Gasteiger charge is -2.33. The molecule has 148 valence electrons. The first-order valence-electron chi connectivity index (χ1n) is 9.02. The lowest BCUT2D eigenvalue weighted by Crippen LogP contribution is -2.37. The van der Waals surface area contributed by atoms with Crippen LogP contribution >= 0.6 is 0 Å². The third-order valence-electron chi connectivity index (χ3n) is 5.03.